The van der Waals surface area contributed by atoms with Gasteiger partial charge in [-0.05, 0) is 45.3 Å². The van der Waals surface area contributed by atoms with Gasteiger partial charge in [0.25, 0.3) is 5.92 Å². The van der Waals surface area contributed by atoms with Crippen molar-refractivity contribution in [2.24, 2.45) is 0 Å². The minimum atomic E-state index is -5.20. The lowest BCUT2D eigenvalue weighted by Gasteiger charge is -2.37. The normalized spacial score (nSPS) is 23.7. The Labute approximate surface area is 165 Å². The molecule has 3 rings (SSSR count). The van der Waals surface area contributed by atoms with E-state index in [2.05, 4.69) is 4.74 Å². The summed E-state index contributed by atoms with van der Waals surface area (Å²) in [6.45, 7) is 4.73. The van der Waals surface area contributed by atoms with Crippen LogP contribution in [0.25, 0.3) is 0 Å². The van der Waals surface area contributed by atoms with Gasteiger partial charge >= 0.3 is 13.5 Å². The van der Waals surface area contributed by atoms with Crippen LogP contribution in [0.1, 0.15) is 27.7 Å². The summed E-state index contributed by atoms with van der Waals surface area (Å²) in [5.74, 6) is -4.26. The number of halogens is 5. The number of nitrogens with zero attached hydrogens (tertiary/aromatic N) is 1. The molecule has 2 aliphatic heterocycles. The molecule has 13 heteroatoms. The standard InChI is InChI=1S/C16H19BF5NO5S/c1-13(2)14(3,4)28-17(27-13)10-5-6-12(11(7-10)26-16(20,21)22)29(24,25)23-8-15(18,19)9-23/h5-7H,8-9H2,1-4H3. The van der Waals surface area contributed by atoms with Crippen LogP contribution in [-0.4, -0.2) is 56.4 Å². The van der Waals surface area contributed by atoms with Crippen molar-refractivity contribution in [3.8, 4) is 5.75 Å². The fourth-order valence-electron chi connectivity index (χ4n) is 2.85. The first-order chi connectivity index (χ1) is 12.9. The molecule has 2 saturated heterocycles. The summed E-state index contributed by atoms with van der Waals surface area (Å²) in [5.41, 5.74) is -1.47. The van der Waals surface area contributed by atoms with Crippen LogP contribution in [0.2, 0.25) is 0 Å². The largest absolute Gasteiger partial charge is 0.573 e. The van der Waals surface area contributed by atoms with E-state index in [0.717, 1.165) is 12.1 Å². The smallest absolute Gasteiger partial charge is 0.404 e. The molecule has 2 aliphatic rings. The third kappa shape index (κ3) is 4.23. The lowest BCUT2D eigenvalue weighted by Crippen LogP contribution is -2.58. The van der Waals surface area contributed by atoms with Gasteiger partial charge in [0.1, 0.15) is 10.6 Å². The van der Waals surface area contributed by atoms with Crippen LogP contribution in [-0.2, 0) is 19.3 Å². The second-order valence-corrected chi connectivity index (χ2v) is 9.88. The molecule has 2 fully saturated rings. The molecule has 2 heterocycles. The molecule has 0 aromatic heterocycles. The van der Waals surface area contributed by atoms with Crippen molar-refractivity contribution in [3.05, 3.63) is 18.2 Å². The van der Waals surface area contributed by atoms with Crippen LogP contribution < -0.4 is 10.2 Å². The molecular formula is C16H19BF5NO5S. The third-order valence-corrected chi connectivity index (χ3v) is 6.98. The van der Waals surface area contributed by atoms with Crippen molar-refractivity contribution >= 4 is 22.6 Å². The first kappa shape index (κ1) is 22.3. The molecule has 0 atom stereocenters. The summed E-state index contributed by atoms with van der Waals surface area (Å²) in [6.07, 6.45) is -5.20. The predicted octanol–water partition coefficient (Wildman–Crippen LogP) is 2.52. The van der Waals surface area contributed by atoms with E-state index in [1.165, 1.54) is 6.07 Å². The van der Waals surface area contributed by atoms with Crippen molar-refractivity contribution in [1.82, 2.24) is 4.31 Å². The third-order valence-electron chi connectivity index (χ3n) is 5.15. The maximum absolute atomic E-state index is 13.1. The quantitative estimate of drug-likeness (QED) is 0.529. The number of ether oxygens (including phenoxy) is 1. The highest BCUT2D eigenvalue weighted by molar-refractivity contribution is 7.89. The molecule has 1 aromatic carbocycles. The van der Waals surface area contributed by atoms with Gasteiger partial charge in [0.05, 0.1) is 24.3 Å². The molecule has 0 N–H and O–H groups in total. The molecule has 0 amide bonds. The van der Waals surface area contributed by atoms with Crippen molar-refractivity contribution < 1.29 is 44.4 Å². The average molecular weight is 443 g/mol. The molecule has 6 nitrogen and oxygen atoms in total. The van der Waals surface area contributed by atoms with Crippen molar-refractivity contribution in [1.29, 1.82) is 0 Å². The molecule has 0 saturated carbocycles. The summed E-state index contributed by atoms with van der Waals surface area (Å²) in [7, 11) is -5.68. The Morgan fingerprint density at radius 2 is 1.59 bits per heavy atom. The molecule has 1 aromatic rings. The van der Waals surface area contributed by atoms with E-state index in [0.29, 0.717) is 4.31 Å². The Bertz CT molecular complexity index is 895. The lowest BCUT2D eigenvalue weighted by atomic mass is 9.79. The molecule has 0 unspecified atom stereocenters. The fraction of sp³-hybridized carbons (Fsp3) is 0.625. The van der Waals surface area contributed by atoms with Crippen LogP contribution >= 0.6 is 0 Å². The summed E-state index contributed by atoms with van der Waals surface area (Å²) >= 11 is 0. The number of rotatable bonds is 4. The van der Waals surface area contributed by atoms with Gasteiger partial charge in [-0.25, -0.2) is 17.2 Å². The van der Waals surface area contributed by atoms with Crippen LogP contribution in [0.4, 0.5) is 22.0 Å². The van der Waals surface area contributed by atoms with E-state index in [-0.39, 0.29) is 5.46 Å². The van der Waals surface area contributed by atoms with Gasteiger partial charge in [-0.1, -0.05) is 6.07 Å². The van der Waals surface area contributed by atoms with E-state index in [9.17, 15) is 30.4 Å². The monoisotopic (exact) mass is 443 g/mol. The van der Waals surface area contributed by atoms with Crippen molar-refractivity contribution in [2.75, 3.05) is 13.1 Å². The lowest BCUT2D eigenvalue weighted by molar-refractivity contribution is -0.275. The highest BCUT2D eigenvalue weighted by atomic mass is 32.2. The molecule has 0 bridgehead atoms. The Balaban J connectivity index is 1.99. The molecular weight excluding hydrogens is 424 g/mol. The number of hydrogen-bond donors (Lipinski definition) is 0. The highest BCUT2D eigenvalue weighted by Crippen LogP contribution is 2.39. The molecule has 162 valence electrons. The zero-order valence-corrected chi connectivity index (χ0v) is 16.8. The van der Waals surface area contributed by atoms with Crippen LogP contribution in [0, 0.1) is 0 Å². The zero-order valence-electron chi connectivity index (χ0n) is 16.0. The second-order valence-electron chi connectivity index (χ2n) is 7.97. The number of benzene rings is 1. The first-order valence-electron chi connectivity index (χ1n) is 8.57. The number of hydrogen-bond acceptors (Lipinski definition) is 5. The first-order valence-corrected chi connectivity index (χ1v) is 10.0. The van der Waals surface area contributed by atoms with E-state index in [4.69, 9.17) is 9.31 Å². The van der Waals surface area contributed by atoms with Crippen molar-refractivity contribution in [3.63, 3.8) is 0 Å². The fourth-order valence-corrected chi connectivity index (χ4v) is 4.44. The minimum Gasteiger partial charge on any atom is -0.404 e. The van der Waals surface area contributed by atoms with Crippen LogP contribution in [0.15, 0.2) is 23.1 Å². The van der Waals surface area contributed by atoms with E-state index < -0.39 is 64.4 Å². The van der Waals surface area contributed by atoms with Crippen LogP contribution in [0.3, 0.4) is 0 Å². The summed E-state index contributed by atoms with van der Waals surface area (Å²) < 4.78 is 106. The van der Waals surface area contributed by atoms with Crippen molar-refractivity contribution in [2.45, 2.75) is 56.1 Å². The molecule has 0 spiro atoms. The highest BCUT2D eigenvalue weighted by Gasteiger charge is 2.53. The Morgan fingerprint density at radius 3 is 2.03 bits per heavy atom. The van der Waals surface area contributed by atoms with E-state index in [1.807, 2.05) is 0 Å². The van der Waals surface area contributed by atoms with Gasteiger partial charge in [-0.2, -0.15) is 4.31 Å². The molecule has 0 radical (unpaired) electrons. The Hall–Kier alpha value is -1.44. The van der Waals surface area contributed by atoms with Gasteiger partial charge in [-0.15, -0.1) is 13.2 Å². The maximum atomic E-state index is 13.1. The number of alkyl halides is 5. The topological polar surface area (TPSA) is 65.1 Å². The molecule has 29 heavy (non-hydrogen) atoms. The summed E-state index contributed by atoms with van der Waals surface area (Å²) in [4.78, 5) is -0.870. The van der Waals surface area contributed by atoms with Gasteiger partial charge < -0.3 is 14.0 Å². The second kappa shape index (κ2) is 6.53. The van der Waals surface area contributed by atoms with Gasteiger partial charge in [0.15, 0.2) is 0 Å². The van der Waals surface area contributed by atoms with Gasteiger partial charge in [0.2, 0.25) is 10.0 Å². The number of sulfonamides is 1. The predicted molar refractivity (Wildman–Crippen MR) is 92.5 cm³/mol. The van der Waals surface area contributed by atoms with Gasteiger partial charge in [0, 0.05) is 0 Å². The van der Waals surface area contributed by atoms with Crippen LogP contribution in [0.5, 0.6) is 5.75 Å². The summed E-state index contributed by atoms with van der Waals surface area (Å²) in [5, 5.41) is 0. The van der Waals surface area contributed by atoms with Gasteiger partial charge in [-0.3, -0.25) is 0 Å². The maximum Gasteiger partial charge on any atom is 0.573 e. The van der Waals surface area contributed by atoms with E-state index in [1.54, 1.807) is 27.7 Å². The molecule has 0 aliphatic carbocycles. The van der Waals surface area contributed by atoms with E-state index >= 15 is 0 Å². The SMILES string of the molecule is CC1(C)OB(c2ccc(S(=O)(=O)N3CC(F)(F)C3)c(OC(F)(F)F)c2)OC1(C)C. The Kier molecular flexibility index (Phi) is 5.01. The minimum absolute atomic E-state index is 0.0933. The average Bonchev–Trinajstić information content (AvgIpc) is 2.71. The summed E-state index contributed by atoms with van der Waals surface area (Å²) in [6, 6.07) is 2.91. The zero-order chi connectivity index (χ0) is 22.0. The Morgan fingerprint density at radius 1 is 1.07 bits per heavy atom.